The molecular formula is C25H33F3N6O5. The van der Waals surface area contributed by atoms with E-state index in [1.165, 1.54) is 17.3 Å². The van der Waals surface area contributed by atoms with E-state index in [4.69, 9.17) is 4.84 Å². The number of alkyl halides is 3. The number of aliphatic hydroxyl groups is 1. The molecule has 0 radical (unpaired) electrons. The van der Waals surface area contributed by atoms with Crippen LogP contribution in [0.15, 0.2) is 36.5 Å². The molecule has 0 saturated carbocycles. The first-order chi connectivity index (χ1) is 18.2. The van der Waals surface area contributed by atoms with Gasteiger partial charge in [-0.3, -0.25) is 14.7 Å². The molecule has 1 aromatic carbocycles. The highest BCUT2D eigenvalue weighted by Crippen LogP contribution is 2.32. The predicted molar refractivity (Wildman–Crippen MR) is 135 cm³/mol. The van der Waals surface area contributed by atoms with Gasteiger partial charge in [0.25, 0.3) is 11.8 Å². The van der Waals surface area contributed by atoms with Crippen LogP contribution in [0.3, 0.4) is 0 Å². The van der Waals surface area contributed by atoms with Gasteiger partial charge in [0, 0.05) is 24.8 Å². The fourth-order valence-corrected chi connectivity index (χ4v) is 3.97. The number of aromatic nitrogens is 2. The molecule has 5 N–H and O–H groups in total. The van der Waals surface area contributed by atoms with Crippen molar-refractivity contribution in [3.05, 3.63) is 42.1 Å². The maximum Gasteiger partial charge on any atom is 0.427 e. The molecule has 1 fully saturated rings. The fraction of sp³-hybridized carbons (Fsp3) is 0.520. The Balaban J connectivity index is 1.96. The number of rotatable bonds is 9. The monoisotopic (exact) mass is 554 g/mol. The lowest BCUT2D eigenvalue weighted by molar-refractivity contribution is -0.140. The van der Waals surface area contributed by atoms with E-state index in [9.17, 15) is 32.7 Å². The van der Waals surface area contributed by atoms with Gasteiger partial charge in [0.05, 0.1) is 11.8 Å². The molecule has 2 aromatic rings. The number of anilines is 2. The molecule has 14 heteroatoms. The molecule has 0 bridgehead atoms. The van der Waals surface area contributed by atoms with Gasteiger partial charge in [-0.05, 0) is 55.4 Å². The summed E-state index contributed by atoms with van der Waals surface area (Å²) in [4.78, 5) is 45.1. The SMILES string of the molecule is CC(C)(C)CC[C@@](NC(=O)ON1CCCC1)(C(=O)Nc1ccc(C(F)(F)F)cc1)C(O)C(=O)Nc1ccn[nH]1. The lowest BCUT2D eigenvalue weighted by Crippen LogP contribution is -2.67. The van der Waals surface area contributed by atoms with Gasteiger partial charge in [0.1, 0.15) is 5.82 Å². The largest absolute Gasteiger partial charge is 0.427 e. The Morgan fingerprint density at radius 2 is 1.69 bits per heavy atom. The van der Waals surface area contributed by atoms with Crippen LogP contribution in [0, 0.1) is 5.41 Å². The molecule has 1 saturated heterocycles. The highest BCUT2D eigenvalue weighted by atomic mass is 19.4. The van der Waals surface area contributed by atoms with Gasteiger partial charge in [0.2, 0.25) is 0 Å². The van der Waals surface area contributed by atoms with Crippen LogP contribution in [0.5, 0.6) is 0 Å². The average Bonchev–Trinajstić information content (AvgIpc) is 3.55. The number of aliphatic hydroxyl groups excluding tert-OH is 1. The van der Waals surface area contributed by atoms with E-state index in [0.29, 0.717) is 13.1 Å². The van der Waals surface area contributed by atoms with E-state index < -0.39 is 46.7 Å². The zero-order valence-electron chi connectivity index (χ0n) is 21.9. The molecule has 3 rings (SSSR count). The second-order valence-electron chi connectivity index (χ2n) is 10.6. The Hall–Kier alpha value is -3.65. The molecule has 0 aliphatic carbocycles. The van der Waals surface area contributed by atoms with Crippen LogP contribution in [-0.4, -0.2) is 63.0 Å². The molecule has 1 aliphatic rings. The number of halogens is 3. The fourth-order valence-electron chi connectivity index (χ4n) is 3.97. The van der Waals surface area contributed by atoms with Crippen LogP contribution in [0.25, 0.3) is 0 Å². The lowest BCUT2D eigenvalue weighted by Gasteiger charge is -2.38. The third-order valence-electron chi connectivity index (χ3n) is 6.22. The quantitative estimate of drug-likeness (QED) is 0.318. The minimum Gasteiger partial charge on any atom is -0.380 e. The second kappa shape index (κ2) is 12.0. The van der Waals surface area contributed by atoms with Crippen molar-refractivity contribution in [1.82, 2.24) is 20.6 Å². The number of nitrogens with one attached hydrogen (secondary N) is 4. The highest BCUT2D eigenvalue weighted by Gasteiger charge is 2.51. The normalized spacial score (nSPS) is 16.7. The Bertz CT molecular complexity index is 1130. The van der Waals surface area contributed by atoms with E-state index in [0.717, 1.165) is 37.1 Å². The number of nitrogens with zero attached hydrogens (tertiary/aromatic N) is 2. The second-order valence-corrected chi connectivity index (χ2v) is 10.6. The summed E-state index contributed by atoms with van der Waals surface area (Å²) in [5.41, 5.74) is -3.63. The van der Waals surface area contributed by atoms with Crippen LogP contribution in [0.2, 0.25) is 0 Å². The summed E-state index contributed by atoms with van der Waals surface area (Å²) in [6.45, 7) is 6.55. The summed E-state index contributed by atoms with van der Waals surface area (Å²) in [7, 11) is 0. The van der Waals surface area contributed by atoms with Crippen LogP contribution < -0.4 is 16.0 Å². The maximum atomic E-state index is 13.8. The van der Waals surface area contributed by atoms with E-state index in [-0.39, 0.29) is 24.3 Å². The molecule has 11 nitrogen and oxygen atoms in total. The Labute approximate surface area is 223 Å². The van der Waals surface area contributed by atoms with Crippen LogP contribution in [0.1, 0.15) is 52.0 Å². The summed E-state index contributed by atoms with van der Waals surface area (Å²) in [6, 6.07) is 5.05. The first-order valence-corrected chi connectivity index (χ1v) is 12.4. The van der Waals surface area contributed by atoms with Gasteiger partial charge < -0.3 is 25.9 Å². The number of amides is 3. The number of hydrogen-bond acceptors (Lipinski definition) is 7. The number of hydroxylamine groups is 2. The van der Waals surface area contributed by atoms with Crippen molar-refractivity contribution in [3.63, 3.8) is 0 Å². The third-order valence-corrected chi connectivity index (χ3v) is 6.22. The van der Waals surface area contributed by atoms with E-state index in [2.05, 4.69) is 26.1 Å². The molecule has 39 heavy (non-hydrogen) atoms. The van der Waals surface area contributed by atoms with Gasteiger partial charge in [-0.1, -0.05) is 20.8 Å². The summed E-state index contributed by atoms with van der Waals surface area (Å²) >= 11 is 0. The molecular weight excluding hydrogens is 521 g/mol. The minimum absolute atomic E-state index is 0.0379. The van der Waals surface area contributed by atoms with E-state index in [1.54, 1.807) is 0 Å². The van der Waals surface area contributed by atoms with Crippen molar-refractivity contribution in [2.75, 3.05) is 23.7 Å². The van der Waals surface area contributed by atoms with Gasteiger partial charge in [-0.15, -0.1) is 5.06 Å². The van der Waals surface area contributed by atoms with Crippen LogP contribution in [-0.2, 0) is 20.6 Å². The third kappa shape index (κ3) is 8.17. The van der Waals surface area contributed by atoms with E-state index in [1.807, 2.05) is 20.8 Å². The molecule has 1 aliphatic heterocycles. The van der Waals surface area contributed by atoms with Crippen molar-refractivity contribution in [2.24, 2.45) is 5.41 Å². The van der Waals surface area contributed by atoms with Gasteiger partial charge >= 0.3 is 12.3 Å². The summed E-state index contributed by atoms with van der Waals surface area (Å²) in [6.07, 6.45) is -4.79. The summed E-state index contributed by atoms with van der Waals surface area (Å²) < 4.78 is 39.0. The molecule has 1 aromatic heterocycles. The standard InChI is InChI=1S/C25H33F3N6O5/c1-23(2,3)11-12-24(32-22(38)39-34-14-4-5-15-34,19(35)20(36)31-18-10-13-29-33-18)21(37)30-17-8-6-16(7-9-17)25(26,27)28/h6-10,13,19,35H,4-5,11-12,14-15H2,1-3H3,(H,30,37)(H,32,38)(H2,29,31,33,36)/t19?,24-/m0/s1. The first-order valence-electron chi connectivity index (χ1n) is 12.4. The molecule has 2 heterocycles. The van der Waals surface area contributed by atoms with Crippen molar-refractivity contribution in [1.29, 1.82) is 0 Å². The van der Waals surface area contributed by atoms with Gasteiger partial charge in [0.15, 0.2) is 11.6 Å². The molecule has 0 spiro atoms. The maximum absolute atomic E-state index is 13.8. The van der Waals surface area contributed by atoms with Crippen molar-refractivity contribution in [2.45, 2.75) is 64.3 Å². The number of carbonyl (C=O) groups excluding carboxylic acids is 3. The first kappa shape index (κ1) is 29.9. The number of aromatic amines is 1. The number of hydrogen-bond donors (Lipinski definition) is 5. The predicted octanol–water partition coefficient (Wildman–Crippen LogP) is 3.67. The van der Waals surface area contributed by atoms with Gasteiger partial charge in [-0.2, -0.15) is 18.3 Å². The molecule has 3 amide bonds. The van der Waals surface area contributed by atoms with Crippen molar-refractivity contribution >= 4 is 29.4 Å². The Morgan fingerprint density at radius 1 is 1.05 bits per heavy atom. The summed E-state index contributed by atoms with van der Waals surface area (Å²) in [5, 5.41) is 26.2. The summed E-state index contributed by atoms with van der Waals surface area (Å²) in [5.74, 6) is -1.92. The molecule has 2 atom stereocenters. The highest BCUT2D eigenvalue weighted by molar-refractivity contribution is 6.06. The average molecular weight is 555 g/mol. The number of carbonyl (C=O) groups is 3. The van der Waals surface area contributed by atoms with Crippen LogP contribution in [0.4, 0.5) is 29.5 Å². The Kier molecular flexibility index (Phi) is 9.22. The van der Waals surface area contributed by atoms with Gasteiger partial charge in [-0.25, -0.2) is 4.79 Å². The van der Waals surface area contributed by atoms with E-state index >= 15 is 0 Å². The van der Waals surface area contributed by atoms with Crippen molar-refractivity contribution < 1.29 is 37.5 Å². The molecule has 1 unspecified atom stereocenters. The van der Waals surface area contributed by atoms with Crippen LogP contribution >= 0.6 is 0 Å². The number of H-pyrrole nitrogens is 1. The minimum atomic E-state index is -4.58. The zero-order valence-corrected chi connectivity index (χ0v) is 21.9. The zero-order chi connectivity index (χ0) is 28.8. The smallest absolute Gasteiger partial charge is 0.380 e. The molecule has 214 valence electrons. The number of benzene rings is 1. The Morgan fingerprint density at radius 3 is 2.23 bits per heavy atom. The van der Waals surface area contributed by atoms with Crippen molar-refractivity contribution in [3.8, 4) is 0 Å². The topological polar surface area (TPSA) is 149 Å². The lowest BCUT2D eigenvalue weighted by atomic mass is 9.79.